The van der Waals surface area contributed by atoms with Crippen molar-refractivity contribution in [2.75, 3.05) is 0 Å². The molecule has 0 saturated heterocycles. The van der Waals surface area contributed by atoms with Gasteiger partial charge in [0, 0.05) is 25.3 Å². The van der Waals surface area contributed by atoms with E-state index in [0.717, 1.165) is 18.5 Å². The van der Waals surface area contributed by atoms with Crippen molar-refractivity contribution in [2.45, 2.75) is 64.1 Å². The fraction of sp³-hybridized carbons (Fsp3) is 0.786. The lowest BCUT2D eigenvalue weighted by Crippen LogP contribution is -2.15. The molecule has 3 nitrogen and oxygen atoms in total. The zero-order chi connectivity index (χ0) is 11.5. The summed E-state index contributed by atoms with van der Waals surface area (Å²) in [5.41, 5.74) is 1.20. The maximum absolute atomic E-state index is 4.48. The highest BCUT2D eigenvalue weighted by atomic mass is 15.1. The SMILES string of the molecule is c1nc(CNC2CC2)cn1CC1CCCCC1. The summed E-state index contributed by atoms with van der Waals surface area (Å²) < 4.78 is 2.29. The van der Waals surface area contributed by atoms with E-state index in [0.29, 0.717) is 0 Å². The molecule has 1 aromatic rings. The van der Waals surface area contributed by atoms with E-state index in [9.17, 15) is 0 Å². The topological polar surface area (TPSA) is 29.9 Å². The maximum Gasteiger partial charge on any atom is 0.0950 e. The Hall–Kier alpha value is -0.830. The van der Waals surface area contributed by atoms with E-state index in [1.165, 1.54) is 57.2 Å². The van der Waals surface area contributed by atoms with Crippen LogP contribution in [0.25, 0.3) is 0 Å². The second kappa shape index (κ2) is 5.21. The second-order valence-electron chi connectivity index (χ2n) is 5.72. The first-order valence-electron chi connectivity index (χ1n) is 7.14. The maximum atomic E-state index is 4.48. The van der Waals surface area contributed by atoms with Gasteiger partial charge in [-0.15, -0.1) is 0 Å². The van der Waals surface area contributed by atoms with E-state index < -0.39 is 0 Å². The number of aromatic nitrogens is 2. The zero-order valence-corrected chi connectivity index (χ0v) is 10.6. The van der Waals surface area contributed by atoms with Gasteiger partial charge in [0.1, 0.15) is 0 Å². The molecule has 1 heterocycles. The van der Waals surface area contributed by atoms with Gasteiger partial charge in [-0.1, -0.05) is 19.3 Å². The number of hydrogen-bond acceptors (Lipinski definition) is 2. The van der Waals surface area contributed by atoms with Crippen molar-refractivity contribution in [2.24, 2.45) is 5.92 Å². The molecule has 1 aromatic heterocycles. The number of nitrogens with zero attached hydrogens (tertiary/aromatic N) is 2. The average Bonchev–Trinajstić information content (AvgIpc) is 3.09. The molecule has 0 atom stereocenters. The first-order chi connectivity index (χ1) is 8.40. The largest absolute Gasteiger partial charge is 0.337 e. The van der Waals surface area contributed by atoms with Crippen LogP contribution >= 0.6 is 0 Å². The first kappa shape index (κ1) is 11.3. The summed E-state index contributed by atoms with van der Waals surface area (Å²) in [5.74, 6) is 0.891. The van der Waals surface area contributed by atoms with Crippen molar-refractivity contribution in [3.8, 4) is 0 Å². The molecule has 3 rings (SSSR count). The van der Waals surface area contributed by atoms with E-state index in [1.54, 1.807) is 0 Å². The van der Waals surface area contributed by atoms with Crippen LogP contribution in [0, 0.1) is 5.92 Å². The molecule has 2 fully saturated rings. The Kier molecular flexibility index (Phi) is 3.46. The molecule has 0 aliphatic heterocycles. The Bertz CT molecular complexity index is 348. The Morgan fingerprint density at radius 1 is 1.18 bits per heavy atom. The number of rotatable bonds is 5. The van der Waals surface area contributed by atoms with Crippen LogP contribution in [-0.2, 0) is 13.1 Å². The summed E-state index contributed by atoms with van der Waals surface area (Å²) in [7, 11) is 0. The van der Waals surface area contributed by atoms with Crippen molar-refractivity contribution in [3.63, 3.8) is 0 Å². The fourth-order valence-electron chi connectivity index (χ4n) is 2.80. The number of nitrogens with one attached hydrogen (secondary N) is 1. The predicted molar refractivity (Wildman–Crippen MR) is 68.7 cm³/mol. The lowest BCUT2D eigenvalue weighted by atomic mass is 9.89. The van der Waals surface area contributed by atoms with Gasteiger partial charge < -0.3 is 9.88 Å². The highest BCUT2D eigenvalue weighted by molar-refractivity contribution is 4.98. The zero-order valence-electron chi connectivity index (χ0n) is 10.6. The summed E-state index contributed by atoms with van der Waals surface area (Å²) in [5, 5.41) is 3.51. The van der Waals surface area contributed by atoms with Crippen LogP contribution in [0.2, 0.25) is 0 Å². The third-order valence-corrected chi connectivity index (χ3v) is 4.03. The molecular weight excluding hydrogens is 210 g/mol. The molecule has 0 bridgehead atoms. The quantitative estimate of drug-likeness (QED) is 0.847. The summed E-state index contributed by atoms with van der Waals surface area (Å²) in [6.45, 7) is 2.12. The van der Waals surface area contributed by atoms with Crippen molar-refractivity contribution >= 4 is 0 Å². The smallest absolute Gasteiger partial charge is 0.0950 e. The third kappa shape index (κ3) is 3.32. The molecule has 17 heavy (non-hydrogen) atoms. The molecular formula is C14H23N3. The molecule has 1 N–H and O–H groups in total. The van der Waals surface area contributed by atoms with Gasteiger partial charge in [-0.25, -0.2) is 4.98 Å². The van der Waals surface area contributed by atoms with Gasteiger partial charge in [0.25, 0.3) is 0 Å². The minimum atomic E-state index is 0.776. The van der Waals surface area contributed by atoms with E-state index in [4.69, 9.17) is 0 Å². The molecule has 0 unspecified atom stereocenters. The lowest BCUT2D eigenvalue weighted by Gasteiger charge is -2.21. The van der Waals surface area contributed by atoms with Crippen LogP contribution in [0.3, 0.4) is 0 Å². The lowest BCUT2D eigenvalue weighted by molar-refractivity contribution is 0.319. The second-order valence-corrected chi connectivity index (χ2v) is 5.72. The van der Waals surface area contributed by atoms with E-state index in [1.807, 2.05) is 6.33 Å². The third-order valence-electron chi connectivity index (χ3n) is 4.03. The van der Waals surface area contributed by atoms with Gasteiger partial charge >= 0.3 is 0 Å². The Balaban J connectivity index is 1.48. The fourth-order valence-corrected chi connectivity index (χ4v) is 2.80. The van der Waals surface area contributed by atoms with Gasteiger partial charge in [-0.05, 0) is 31.6 Å². The molecule has 0 spiro atoms. The Morgan fingerprint density at radius 3 is 2.76 bits per heavy atom. The molecule has 2 aliphatic carbocycles. The van der Waals surface area contributed by atoms with E-state index in [2.05, 4.69) is 21.1 Å². The highest BCUT2D eigenvalue weighted by Crippen LogP contribution is 2.25. The van der Waals surface area contributed by atoms with Crippen molar-refractivity contribution < 1.29 is 0 Å². The molecule has 94 valence electrons. The van der Waals surface area contributed by atoms with Crippen LogP contribution in [0.15, 0.2) is 12.5 Å². The van der Waals surface area contributed by atoms with Crippen molar-refractivity contribution in [3.05, 3.63) is 18.2 Å². The molecule has 2 saturated carbocycles. The first-order valence-corrected chi connectivity index (χ1v) is 7.14. The summed E-state index contributed by atoms with van der Waals surface area (Å²) in [4.78, 5) is 4.48. The van der Waals surface area contributed by atoms with E-state index in [-0.39, 0.29) is 0 Å². The van der Waals surface area contributed by atoms with Crippen LogP contribution in [0.4, 0.5) is 0 Å². The van der Waals surface area contributed by atoms with Crippen LogP contribution in [0.1, 0.15) is 50.6 Å². The van der Waals surface area contributed by atoms with Crippen molar-refractivity contribution in [1.82, 2.24) is 14.9 Å². The van der Waals surface area contributed by atoms with Gasteiger partial charge in [0.05, 0.1) is 12.0 Å². The van der Waals surface area contributed by atoms with Crippen LogP contribution < -0.4 is 5.32 Å². The minimum absolute atomic E-state index is 0.776. The monoisotopic (exact) mass is 233 g/mol. The van der Waals surface area contributed by atoms with Gasteiger partial charge in [0.2, 0.25) is 0 Å². The summed E-state index contributed by atoms with van der Waals surface area (Å²) in [6.07, 6.45) is 14.1. The normalized spacial score (nSPS) is 21.9. The van der Waals surface area contributed by atoms with Crippen LogP contribution in [-0.4, -0.2) is 15.6 Å². The summed E-state index contributed by atoms with van der Waals surface area (Å²) in [6, 6.07) is 0.776. The molecule has 0 amide bonds. The van der Waals surface area contributed by atoms with Gasteiger partial charge in [-0.2, -0.15) is 0 Å². The van der Waals surface area contributed by atoms with Crippen molar-refractivity contribution in [1.29, 1.82) is 0 Å². The highest BCUT2D eigenvalue weighted by Gasteiger charge is 2.20. The number of imidazole rings is 1. The molecule has 0 radical (unpaired) electrons. The Morgan fingerprint density at radius 2 is 2.00 bits per heavy atom. The molecule has 0 aromatic carbocycles. The average molecular weight is 233 g/mol. The standard InChI is InChI=1S/C14H23N3/c1-2-4-12(5-3-1)9-17-10-14(16-11-17)8-15-13-6-7-13/h10-13,15H,1-9H2. The van der Waals surface area contributed by atoms with Gasteiger partial charge in [0.15, 0.2) is 0 Å². The minimum Gasteiger partial charge on any atom is -0.337 e. The molecule has 3 heteroatoms. The summed E-state index contributed by atoms with van der Waals surface area (Å²) >= 11 is 0. The van der Waals surface area contributed by atoms with Gasteiger partial charge in [-0.3, -0.25) is 0 Å². The van der Waals surface area contributed by atoms with E-state index >= 15 is 0 Å². The number of hydrogen-bond donors (Lipinski definition) is 1. The predicted octanol–water partition coefficient (Wildman–Crippen LogP) is 2.72. The molecule has 2 aliphatic rings. The van der Waals surface area contributed by atoms with Crippen LogP contribution in [0.5, 0.6) is 0 Å². The Labute approximate surface area is 104 Å².